The minimum Gasteiger partial charge on any atom is -0.357 e. The molecule has 0 aromatic heterocycles. The summed E-state index contributed by atoms with van der Waals surface area (Å²) < 4.78 is 61.7. The summed E-state index contributed by atoms with van der Waals surface area (Å²) in [7, 11) is -5.27. The summed E-state index contributed by atoms with van der Waals surface area (Å²) in [5.74, 6) is 0.558. The lowest BCUT2D eigenvalue weighted by Crippen LogP contribution is -2.51. The molecule has 1 aliphatic heterocycles. The van der Waals surface area contributed by atoms with Gasteiger partial charge in [0.05, 0.1) is 6.54 Å². The van der Waals surface area contributed by atoms with E-state index in [0.717, 1.165) is 16.3 Å². The number of hydrogen-bond donors (Lipinski definition) is 2. The standard InChI is InChI=1S/C20H25F3N4O2S.HI/c1-2-24-19(25-14-15-7-8-16-5-3-4-6-17(16)13-15)26-18-9-11-27(12-10-18)30(28,29)20(21,22)23;/h3-8,13,18H,2,9-12,14H2,1H3,(H2,24,25,26);1H. The second kappa shape index (κ2) is 10.8. The van der Waals surface area contributed by atoms with Crippen molar-refractivity contribution in [2.24, 2.45) is 4.99 Å². The number of halogens is 4. The summed E-state index contributed by atoms with van der Waals surface area (Å²) in [6.45, 7) is 2.64. The molecular weight excluding hydrogens is 544 g/mol. The largest absolute Gasteiger partial charge is 0.511 e. The number of nitrogens with one attached hydrogen (secondary N) is 2. The number of sulfonamides is 1. The van der Waals surface area contributed by atoms with Crippen molar-refractivity contribution in [3.63, 3.8) is 0 Å². The van der Waals surface area contributed by atoms with E-state index in [1.165, 1.54) is 0 Å². The minimum absolute atomic E-state index is 0. The number of guanidine groups is 1. The third-order valence-corrected chi connectivity index (χ3v) is 6.63. The van der Waals surface area contributed by atoms with E-state index >= 15 is 0 Å². The number of aliphatic imine (C=N–C) groups is 1. The molecule has 0 amide bonds. The predicted octanol–water partition coefficient (Wildman–Crippen LogP) is 3.83. The van der Waals surface area contributed by atoms with Crippen molar-refractivity contribution in [1.82, 2.24) is 14.9 Å². The van der Waals surface area contributed by atoms with Gasteiger partial charge in [-0.3, -0.25) is 0 Å². The molecule has 2 aromatic rings. The number of fused-ring (bicyclic) bond motifs is 1. The van der Waals surface area contributed by atoms with Crippen LogP contribution >= 0.6 is 24.0 Å². The first-order valence-electron chi connectivity index (χ1n) is 9.79. The van der Waals surface area contributed by atoms with Gasteiger partial charge in [0.1, 0.15) is 0 Å². The fourth-order valence-corrected chi connectivity index (χ4v) is 4.39. The van der Waals surface area contributed by atoms with Crippen LogP contribution in [0.1, 0.15) is 25.3 Å². The zero-order valence-corrected chi connectivity index (χ0v) is 20.2. The average Bonchev–Trinajstić information content (AvgIpc) is 2.71. The highest BCUT2D eigenvalue weighted by Crippen LogP contribution is 2.29. The van der Waals surface area contributed by atoms with Crippen molar-refractivity contribution >= 4 is 50.7 Å². The van der Waals surface area contributed by atoms with Crippen LogP contribution in [-0.4, -0.2) is 49.9 Å². The molecule has 3 rings (SSSR count). The Morgan fingerprint density at radius 2 is 1.77 bits per heavy atom. The van der Waals surface area contributed by atoms with E-state index in [1.54, 1.807) is 0 Å². The summed E-state index contributed by atoms with van der Waals surface area (Å²) in [6.07, 6.45) is 0.547. The molecule has 0 saturated carbocycles. The first kappa shape index (κ1) is 25.7. The molecular formula is C20H26F3IN4O2S. The average molecular weight is 570 g/mol. The fourth-order valence-electron chi connectivity index (χ4n) is 3.41. The smallest absolute Gasteiger partial charge is 0.357 e. The second-order valence-electron chi connectivity index (χ2n) is 7.15. The second-order valence-corrected chi connectivity index (χ2v) is 9.07. The Morgan fingerprint density at radius 3 is 2.39 bits per heavy atom. The Morgan fingerprint density at radius 1 is 1.13 bits per heavy atom. The van der Waals surface area contributed by atoms with E-state index in [0.29, 0.717) is 23.4 Å². The van der Waals surface area contributed by atoms with Gasteiger partial charge in [-0.25, -0.2) is 13.4 Å². The van der Waals surface area contributed by atoms with Crippen molar-refractivity contribution in [2.75, 3.05) is 19.6 Å². The molecule has 0 aliphatic carbocycles. The summed E-state index contributed by atoms with van der Waals surface area (Å²) >= 11 is 0. The normalized spacial score (nSPS) is 16.7. The number of alkyl halides is 3. The lowest BCUT2D eigenvalue weighted by molar-refractivity contribution is -0.0494. The van der Waals surface area contributed by atoms with Crippen molar-refractivity contribution in [2.45, 2.75) is 37.9 Å². The van der Waals surface area contributed by atoms with Crippen LogP contribution in [0.25, 0.3) is 10.8 Å². The van der Waals surface area contributed by atoms with Crippen LogP contribution in [0, 0.1) is 0 Å². The molecule has 11 heteroatoms. The minimum atomic E-state index is -5.27. The quantitative estimate of drug-likeness (QED) is 0.326. The highest BCUT2D eigenvalue weighted by atomic mass is 127. The van der Waals surface area contributed by atoms with Crippen LogP contribution in [0.15, 0.2) is 47.5 Å². The summed E-state index contributed by atoms with van der Waals surface area (Å²) in [4.78, 5) is 4.57. The number of piperidine rings is 1. The zero-order chi connectivity index (χ0) is 21.8. The van der Waals surface area contributed by atoms with Gasteiger partial charge in [-0.05, 0) is 42.2 Å². The van der Waals surface area contributed by atoms with Crippen molar-refractivity contribution in [1.29, 1.82) is 0 Å². The van der Waals surface area contributed by atoms with Crippen LogP contribution in [0.5, 0.6) is 0 Å². The van der Waals surface area contributed by atoms with E-state index in [1.807, 2.05) is 43.3 Å². The lowest BCUT2D eigenvalue weighted by atomic mass is 10.1. The zero-order valence-electron chi connectivity index (χ0n) is 17.0. The molecule has 1 fully saturated rings. The third-order valence-electron chi connectivity index (χ3n) is 5.01. The van der Waals surface area contributed by atoms with Crippen molar-refractivity contribution in [3.05, 3.63) is 48.0 Å². The maximum absolute atomic E-state index is 12.7. The molecule has 0 radical (unpaired) electrons. The molecule has 0 atom stereocenters. The van der Waals surface area contributed by atoms with Gasteiger partial charge in [0.15, 0.2) is 5.96 Å². The fraction of sp³-hybridized carbons (Fsp3) is 0.450. The third kappa shape index (κ3) is 6.45. The van der Waals surface area contributed by atoms with Gasteiger partial charge in [-0.2, -0.15) is 17.5 Å². The molecule has 1 heterocycles. The Hall–Kier alpha value is -1.60. The Labute approximate surface area is 197 Å². The topological polar surface area (TPSA) is 73.8 Å². The van der Waals surface area contributed by atoms with Crippen LogP contribution < -0.4 is 10.6 Å². The first-order valence-corrected chi connectivity index (χ1v) is 11.2. The maximum Gasteiger partial charge on any atom is 0.511 e. The van der Waals surface area contributed by atoms with E-state index in [4.69, 9.17) is 0 Å². The Bertz CT molecular complexity index is 1010. The SMILES string of the molecule is CCNC(=NCc1ccc2ccccc2c1)NC1CCN(S(=O)(=O)C(F)(F)F)CC1.I. The monoisotopic (exact) mass is 570 g/mol. The molecule has 0 unspecified atom stereocenters. The molecule has 1 aliphatic rings. The van der Waals surface area contributed by atoms with Crippen molar-refractivity contribution < 1.29 is 21.6 Å². The molecule has 0 spiro atoms. The van der Waals surface area contributed by atoms with Crippen LogP contribution in [0.2, 0.25) is 0 Å². The van der Waals surface area contributed by atoms with E-state index in [2.05, 4.69) is 21.7 Å². The van der Waals surface area contributed by atoms with Gasteiger partial charge in [0.25, 0.3) is 0 Å². The van der Waals surface area contributed by atoms with Gasteiger partial charge in [-0.15, -0.1) is 24.0 Å². The number of nitrogens with zero attached hydrogens (tertiary/aromatic N) is 2. The molecule has 31 heavy (non-hydrogen) atoms. The Balaban J connectivity index is 0.00000341. The van der Waals surface area contributed by atoms with Gasteiger partial charge >= 0.3 is 15.5 Å². The highest BCUT2D eigenvalue weighted by molar-refractivity contribution is 14.0. The summed E-state index contributed by atoms with van der Waals surface area (Å²) in [6, 6.07) is 14.0. The van der Waals surface area contributed by atoms with Crippen molar-refractivity contribution in [3.8, 4) is 0 Å². The number of hydrogen-bond acceptors (Lipinski definition) is 3. The number of benzene rings is 2. The van der Waals surface area contributed by atoms with E-state index in [9.17, 15) is 21.6 Å². The predicted molar refractivity (Wildman–Crippen MR) is 127 cm³/mol. The molecule has 2 aromatic carbocycles. The molecule has 0 bridgehead atoms. The highest BCUT2D eigenvalue weighted by Gasteiger charge is 2.50. The van der Waals surface area contributed by atoms with Gasteiger partial charge < -0.3 is 10.6 Å². The lowest BCUT2D eigenvalue weighted by Gasteiger charge is -2.32. The molecule has 2 N–H and O–H groups in total. The Kier molecular flexibility index (Phi) is 8.95. The maximum atomic E-state index is 12.7. The van der Waals surface area contributed by atoms with Gasteiger partial charge in [-0.1, -0.05) is 36.4 Å². The molecule has 1 saturated heterocycles. The van der Waals surface area contributed by atoms with Crippen LogP contribution in [0.3, 0.4) is 0 Å². The van der Waals surface area contributed by atoms with Gasteiger partial charge in [0.2, 0.25) is 0 Å². The molecule has 6 nitrogen and oxygen atoms in total. The van der Waals surface area contributed by atoms with Crippen LogP contribution in [0.4, 0.5) is 13.2 Å². The van der Waals surface area contributed by atoms with E-state index < -0.39 is 15.5 Å². The summed E-state index contributed by atoms with van der Waals surface area (Å²) in [5.41, 5.74) is -4.22. The summed E-state index contributed by atoms with van der Waals surface area (Å²) in [5, 5.41) is 8.62. The van der Waals surface area contributed by atoms with Crippen LogP contribution in [-0.2, 0) is 16.6 Å². The number of rotatable bonds is 5. The van der Waals surface area contributed by atoms with Gasteiger partial charge in [0, 0.05) is 25.7 Å². The van der Waals surface area contributed by atoms with E-state index in [-0.39, 0.29) is 55.9 Å². The first-order chi connectivity index (χ1) is 14.2. The molecule has 172 valence electrons.